The van der Waals surface area contributed by atoms with E-state index in [9.17, 15) is 4.79 Å². The molecule has 4 rings (SSSR count). The average molecular weight is 380 g/mol. The molecule has 4 aromatic rings. The lowest BCUT2D eigenvalue weighted by molar-refractivity contribution is 0.0997. The Morgan fingerprint density at radius 3 is 2.67 bits per heavy atom. The number of aromatic nitrogens is 2. The van der Waals surface area contributed by atoms with E-state index in [1.807, 2.05) is 62.4 Å². The van der Waals surface area contributed by atoms with Crippen molar-refractivity contribution in [2.24, 2.45) is 0 Å². The van der Waals surface area contributed by atoms with Gasteiger partial charge in [-0.15, -0.1) is 0 Å². The summed E-state index contributed by atoms with van der Waals surface area (Å²) in [7, 11) is 0. The van der Waals surface area contributed by atoms with Crippen molar-refractivity contribution in [1.29, 1.82) is 0 Å². The zero-order valence-corrected chi connectivity index (χ0v) is 15.7. The maximum absolute atomic E-state index is 12.8. The number of carbonyl (C=O) groups is 1. The molecule has 2 heterocycles. The van der Waals surface area contributed by atoms with Crippen LogP contribution in [0, 0.1) is 13.8 Å². The topological polar surface area (TPSA) is 60.1 Å². The molecule has 0 aliphatic carbocycles. The lowest BCUT2D eigenvalue weighted by Crippen LogP contribution is -2.16. The quantitative estimate of drug-likeness (QED) is 0.530. The molecule has 0 fully saturated rings. The number of nitrogens with zero attached hydrogens (tertiary/aromatic N) is 2. The molecule has 1 N–H and O–H groups in total. The smallest absolute Gasteiger partial charge is 0.292 e. The number of halogens is 1. The van der Waals surface area contributed by atoms with Crippen LogP contribution in [0.4, 0.5) is 5.82 Å². The minimum Gasteiger partial charge on any atom is -0.449 e. The lowest BCUT2D eigenvalue weighted by Gasteiger charge is -2.08. The van der Waals surface area contributed by atoms with Gasteiger partial charge in [0.25, 0.3) is 5.91 Å². The number of anilines is 1. The molecule has 0 bridgehead atoms. The summed E-state index contributed by atoms with van der Waals surface area (Å²) >= 11 is 6.19. The minimum atomic E-state index is -0.325. The van der Waals surface area contributed by atoms with Crippen LogP contribution in [0.15, 0.2) is 59.0 Å². The second-order valence-electron chi connectivity index (χ2n) is 6.44. The van der Waals surface area contributed by atoms with Crippen molar-refractivity contribution in [3.05, 3.63) is 82.2 Å². The molecule has 0 unspecified atom stereocenters. The van der Waals surface area contributed by atoms with Gasteiger partial charge in [0.1, 0.15) is 5.82 Å². The number of furan rings is 1. The number of hydrogen-bond acceptors (Lipinski definition) is 3. The summed E-state index contributed by atoms with van der Waals surface area (Å²) in [6.45, 7) is 4.31. The maximum atomic E-state index is 12.8. The molecule has 2 aromatic carbocycles. The number of hydrogen-bond donors (Lipinski definition) is 1. The number of amides is 1. The highest BCUT2D eigenvalue weighted by atomic mass is 35.5. The molecule has 0 aliphatic rings. The van der Waals surface area contributed by atoms with E-state index in [0.29, 0.717) is 23.0 Å². The van der Waals surface area contributed by atoms with Gasteiger partial charge in [-0.25, -0.2) is 4.68 Å². The van der Waals surface area contributed by atoms with Crippen LogP contribution >= 0.6 is 11.6 Å². The highest BCUT2D eigenvalue weighted by molar-refractivity contribution is 6.35. The molecular formula is C21H18ClN3O2. The summed E-state index contributed by atoms with van der Waals surface area (Å²) < 4.78 is 7.53. The predicted octanol–water partition coefficient (Wildman–Crippen LogP) is 5.20. The maximum Gasteiger partial charge on any atom is 0.292 e. The van der Waals surface area contributed by atoms with Crippen molar-refractivity contribution in [3.8, 4) is 0 Å². The predicted molar refractivity (Wildman–Crippen MR) is 106 cm³/mol. The third-order valence-corrected chi connectivity index (χ3v) is 4.74. The first-order chi connectivity index (χ1) is 13.0. The second kappa shape index (κ2) is 6.93. The molecule has 6 heteroatoms. The van der Waals surface area contributed by atoms with E-state index in [0.717, 1.165) is 22.2 Å². The van der Waals surface area contributed by atoms with Gasteiger partial charge < -0.3 is 9.73 Å². The number of para-hydroxylation sites is 1. The van der Waals surface area contributed by atoms with Crippen LogP contribution in [-0.4, -0.2) is 15.7 Å². The van der Waals surface area contributed by atoms with E-state index < -0.39 is 0 Å². The van der Waals surface area contributed by atoms with E-state index in [2.05, 4.69) is 10.4 Å². The van der Waals surface area contributed by atoms with E-state index in [-0.39, 0.29) is 11.7 Å². The molecule has 27 heavy (non-hydrogen) atoms. The fraction of sp³-hybridized carbons (Fsp3) is 0.143. The van der Waals surface area contributed by atoms with Gasteiger partial charge in [-0.2, -0.15) is 5.10 Å². The van der Waals surface area contributed by atoms with Crippen molar-refractivity contribution >= 4 is 34.3 Å². The number of fused-ring (bicyclic) bond motifs is 1. The van der Waals surface area contributed by atoms with Crippen LogP contribution in [-0.2, 0) is 6.54 Å². The van der Waals surface area contributed by atoms with Gasteiger partial charge in [0.05, 0.1) is 17.3 Å². The monoisotopic (exact) mass is 379 g/mol. The van der Waals surface area contributed by atoms with E-state index >= 15 is 0 Å². The van der Waals surface area contributed by atoms with Crippen LogP contribution < -0.4 is 5.32 Å². The number of carbonyl (C=O) groups excluding carboxylic acids is 1. The van der Waals surface area contributed by atoms with Crippen LogP contribution in [0.5, 0.6) is 0 Å². The summed E-state index contributed by atoms with van der Waals surface area (Å²) in [4.78, 5) is 12.8. The molecule has 0 spiro atoms. The number of rotatable bonds is 4. The largest absolute Gasteiger partial charge is 0.449 e. The highest BCUT2D eigenvalue weighted by Gasteiger charge is 2.20. The molecule has 0 saturated heterocycles. The fourth-order valence-electron chi connectivity index (χ4n) is 3.12. The number of benzene rings is 2. The molecule has 0 atom stereocenters. The van der Waals surface area contributed by atoms with Gasteiger partial charge in [0.15, 0.2) is 11.3 Å². The molecule has 0 radical (unpaired) electrons. The Bertz CT molecular complexity index is 1130. The summed E-state index contributed by atoms with van der Waals surface area (Å²) in [5.74, 6) is 0.546. The van der Waals surface area contributed by atoms with Gasteiger partial charge in [0, 0.05) is 17.0 Å². The average Bonchev–Trinajstić information content (AvgIpc) is 3.17. The van der Waals surface area contributed by atoms with Crippen molar-refractivity contribution in [2.75, 3.05) is 5.32 Å². The van der Waals surface area contributed by atoms with Crippen LogP contribution in [0.3, 0.4) is 0 Å². The molecular weight excluding hydrogens is 362 g/mol. The molecule has 1 amide bonds. The highest BCUT2D eigenvalue weighted by Crippen LogP contribution is 2.31. The molecule has 0 saturated carbocycles. The third-order valence-electron chi connectivity index (χ3n) is 4.44. The van der Waals surface area contributed by atoms with Crippen LogP contribution in [0.2, 0.25) is 5.02 Å². The van der Waals surface area contributed by atoms with Gasteiger partial charge in [0.2, 0.25) is 0 Å². The van der Waals surface area contributed by atoms with E-state index in [1.165, 1.54) is 0 Å². The van der Waals surface area contributed by atoms with Crippen molar-refractivity contribution in [2.45, 2.75) is 20.4 Å². The number of nitrogens with one attached hydrogen (secondary N) is 1. The molecule has 5 nitrogen and oxygen atoms in total. The van der Waals surface area contributed by atoms with E-state index in [4.69, 9.17) is 16.0 Å². The Morgan fingerprint density at radius 2 is 1.93 bits per heavy atom. The summed E-state index contributed by atoms with van der Waals surface area (Å²) in [6.07, 6.45) is 0. The summed E-state index contributed by atoms with van der Waals surface area (Å²) in [6, 6.07) is 17.3. The number of aryl methyl sites for hydroxylation is 2. The summed E-state index contributed by atoms with van der Waals surface area (Å²) in [5.41, 5.74) is 3.21. The lowest BCUT2D eigenvalue weighted by atomic mass is 10.1. The second-order valence-corrected chi connectivity index (χ2v) is 6.85. The standard InChI is InChI=1S/C21H18ClN3O2/c1-13-11-18(25(24-13)12-15-7-4-3-5-8-15)23-21(26)19-14(2)16-9-6-10-17(22)20(16)27-19/h3-11H,12H2,1-2H3,(H,23,26). The van der Waals surface area contributed by atoms with Crippen LogP contribution in [0.25, 0.3) is 11.0 Å². The third kappa shape index (κ3) is 3.34. The first-order valence-electron chi connectivity index (χ1n) is 8.60. The summed E-state index contributed by atoms with van der Waals surface area (Å²) in [5, 5.41) is 8.72. The molecule has 0 aliphatic heterocycles. The van der Waals surface area contributed by atoms with Gasteiger partial charge in [-0.05, 0) is 25.5 Å². The van der Waals surface area contributed by atoms with Gasteiger partial charge in [-0.3, -0.25) is 4.79 Å². The SMILES string of the molecule is Cc1cc(NC(=O)c2oc3c(Cl)cccc3c2C)n(Cc2ccccc2)n1. The molecule has 2 aromatic heterocycles. The Hall–Kier alpha value is -3.05. The zero-order valence-electron chi connectivity index (χ0n) is 15.0. The Balaban J connectivity index is 1.64. The minimum absolute atomic E-state index is 0.253. The Labute approximate surface area is 161 Å². The Kier molecular flexibility index (Phi) is 4.46. The van der Waals surface area contributed by atoms with Crippen molar-refractivity contribution in [3.63, 3.8) is 0 Å². The van der Waals surface area contributed by atoms with Gasteiger partial charge in [-0.1, -0.05) is 54.1 Å². The van der Waals surface area contributed by atoms with Gasteiger partial charge >= 0.3 is 0 Å². The van der Waals surface area contributed by atoms with Crippen molar-refractivity contribution < 1.29 is 9.21 Å². The normalized spacial score (nSPS) is 11.1. The molecule has 136 valence electrons. The zero-order chi connectivity index (χ0) is 19.0. The van der Waals surface area contributed by atoms with E-state index in [1.54, 1.807) is 10.7 Å². The first kappa shape index (κ1) is 17.4. The fourth-order valence-corrected chi connectivity index (χ4v) is 3.33. The first-order valence-corrected chi connectivity index (χ1v) is 8.98. The van der Waals surface area contributed by atoms with Crippen LogP contribution in [0.1, 0.15) is 27.4 Å². The Morgan fingerprint density at radius 1 is 1.15 bits per heavy atom. The van der Waals surface area contributed by atoms with Crippen molar-refractivity contribution in [1.82, 2.24) is 9.78 Å².